The van der Waals surface area contributed by atoms with E-state index < -0.39 is 0 Å². The molecule has 0 aliphatic carbocycles. The van der Waals surface area contributed by atoms with E-state index in [0.29, 0.717) is 6.61 Å². The Labute approximate surface area is 89.5 Å². The second-order valence-corrected chi connectivity index (χ2v) is 4.13. The molecule has 0 saturated carbocycles. The summed E-state index contributed by atoms with van der Waals surface area (Å²) in [5.74, 6) is 0.188. The van der Waals surface area contributed by atoms with Crippen LogP contribution in [-0.4, -0.2) is 23.5 Å². The number of aryl methyl sites for hydroxylation is 1. The Hall–Kier alpha value is -1.22. The summed E-state index contributed by atoms with van der Waals surface area (Å²) >= 11 is 0. The molecule has 2 rings (SSSR count). The summed E-state index contributed by atoms with van der Waals surface area (Å²) in [6.45, 7) is 4.49. The number of pyridine rings is 1. The van der Waals surface area contributed by atoms with Gasteiger partial charge in [-0.05, 0) is 31.9 Å². The van der Waals surface area contributed by atoms with Crippen LogP contribution in [0.5, 0.6) is 0 Å². The predicted molar refractivity (Wildman–Crippen MR) is 56.8 cm³/mol. The predicted octanol–water partition coefficient (Wildman–Crippen LogP) is 2.00. The van der Waals surface area contributed by atoms with Crippen molar-refractivity contribution >= 4 is 5.78 Å². The van der Waals surface area contributed by atoms with Crippen LogP contribution in [0.2, 0.25) is 0 Å². The smallest absolute Gasteiger partial charge is 0.170 e. The molecule has 1 aromatic rings. The van der Waals surface area contributed by atoms with Crippen LogP contribution in [0.1, 0.15) is 29.3 Å². The molecule has 3 heteroatoms. The van der Waals surface area contributed by atoms with Crippen molar-refractivity contribution in [2.75, 3.05) is 6.61 Å². The van der Waals surface area contributed by atoms with Gasteiger partial charge in [0.1, 0.15) is 0 Å². The Balaban J connectivity index is 2.18. The highest BCUT2D eigenvalue weighted by molar-refractivity contribution is 5.99. The average molecular weight is 205 g/mol. The number of ketones is 1. The van der Waals surface area contributed by atoms with Crippen LogP contribution in [0.3, 0.4) is 0 Å². The first kappa shape index (κ1) is 10.3. The first-order chi connectivity index (χ1) is 7.18. The Kier molecular flexibility index (Phi) is 2.82. The molecule has 3 nitrogen and oxygen atoms in total. The molecule has 0 bridgehead atoms. The fourth-order valence-electron chi connectivity index (χ4n) is 1.94. The van der Waals surface area contributed by atoms with Gasteiger partial charge in [-0.2, -0.15) is 0 Å². The fourth-order valence-corrected chi connectivity index (χ4v) is 1.94. The van der Waals surface area contributed by atoms with Crippen molar-refractivity contribution in [1.29, 1.82) is 0 Å². The lowest BCUT2D eigenvalue weighted by Crippen LogP contribution is -2.16. The van der Waals surface area contributed by atoms with Gasteiger partial charge in [-0.3, -0.25) is 9.78 Å². The van der Waals surface area contributed by atoms with Crippen LogP contribution in [0, 0.1) is 12.8 Å². The maximum Gasteiger partial charge on any atom is 0.170 e. The number of rotatable bonds is 2. The number of carbonyl (C=O) groups is 1. The summed E-state index contributed by atoms with van der Waals surface area (Å²) < 4.78 is 5.41. The first-order valence-electron chi connectivity index (χ1n) is 5.25. The summed E-state index contributed by atoms with van der Waals surface area (Å²) in [5, 5.41) is 0. The second kappa shape index (κ2) is 4.11. The van der Waals surface area contributed by atoms with Crippen molar-refractivity contribution in [2.45, 2.75) is 26.4 Å². The van der Waals surface area contributed by atoms with E-state index in [1.807, 2.05) is 19.9 Å². The molecule has 15 heavy (non-hydrogen) atoms. The van der Waals surface area contributed by atoms with Gasteiger partial charge < -0.3 is 4.74 Å². The third kappa shape index (κ3) is 2.07. The maximum atomic E-state index is 12.1. The van der Waals surface area contributed by atoms with Gasteiger partial charge in [0.05, 0.1) is 12.7 Å². The zero-order valence-corrected chi connectivity index (χ0v) is 9.06. The molecular weight excluding hydrogens is 190 g/mol. The number of aromatic nitrogens is 1. The van der Waals surface area contributed by atoms with Gasteiger partial charge >= 0.3 is 0 Å². The van der Waals surface area contributed by atoms with Crippen LogP contribution in [0.15, 0.2) is 18.5 Å². The Morgan fingerprint density at radius 2 is 2.40 bits per heavy atom. The van der Waals surface area contributed by atoms with E-state index >= 15 is 0 Å². The zero-order chi connectivity index (χ0) is 10.8. The number of nitrogens with zero attached hydrogens (tertiary/aromatic N) is 1. The highest BCUT2D eigenvalue weighted by Gasteiger charge is 2.29. The molecule has 1 aliphatic heterocycles. The zero-order valence-electron chi connectivity index (χ0n) is 9.06. The third-order valence-electron chi connectivity index (χ3n) is 2.87. The van der Waals surface area contributed by atoms with Crippen molar-refractivity contribution in [3.63, 3.8) is 0 Å². The molecule has 1 aromatic heterocycles. The van der Waals surface area contributed by atoms with E-state index in [1.165, 1.54) is 0 Å². The summed E-state index contributed by atoms with van der Waals surface area (Å²) in [7, 11) is 0. The van der Waals surface area contributed by atoms with Gasteiger partial charge in [-0.1, -0.05) is 0 Å². The first-order valence-corrected chi connectivity index (χ1v) is 5.25. The van der Waals surface area contributed by atoms with Crippen molar-refractivity contribution in [1.82, 2.24) is 4.98 Å². The van der Waals surface area contributed by atoms with Crippen LogP contribution in [-0.2, 0) is 4.74 Å². The van der Waals surface area contributed by atoms with E-state index in [-0.39, 0.29) is 17.8 Å². The molecule has 0 N–H and O–H groups in total. The highest BCUT2D eigenvalue weighted by Crippen LogP contribution is 2.23. The lowest BCUT2D eigenvalue weighted by atomic mass is 9.94. The van der Waals surface area contributed by atoms with E-state index in [9.17, 15) is 4.79 Å². The largest absolute Gasteiger partial charge is 0.378 e. The lowest BCUT2D eigenvalue weighted by Gasteiger charge is -2.08. The van der Waals surface area contributed by atoms with Crippen molar-refractivity contribution in [2.24, 2.45) is 5.92 Å². The van der Waals surface area contributed by atoms with Crippen LogP contribution < -0.4 is 0 Å². The fraction of sp³-hybridized carbons (Fsp3) is 0.500. The van der Waals surface area contributed by atoms with Gasteiger partial charge in [-0.15, -0.1) is 0 Å². The van der Waals surface area contributed by atoms with E-state index in [0.717, 1.165) is 17.5 Å². The minimum absolute atomic E-state index is 0.0166. The molecule has 0 amide bonds. The van der Waals surface area contributed by atoms with Crippen molar-refractivity contribution in [3.8, 4) is 0 Å². The van der Waals surface area contributed by atoms with Gasteiger partial charge in [0.2, 0.25) is 0 Å². The second-order valence-electron chi connectivity index (χ2n) is 4.13. The molecule has 0 spiro atoms. The molecule has 0 aromatic carbocycles. The van der Waals surface area contributed by atoms with Gasteiger partial charge in [-0.25, -0.2) is 0 Å². The molecule has 1 fully saturated rings. The molecular formula is C12H15NO2. The molecule has 2 heterocycles. The summed E-state index contributed by atoms with van der Waals surface area (Å²) in [6, 6.07) is 1.87. The number of hydrogen-bond acceptors (Lipinski definition) is 3. The number of Topliss-reactive ketones (excluding diaryl/α,β-unsaturated/α-hetero) is 1. The third-order valence-corrected chi connectivity index (χ3v) is 2.87. The van der Waals surface area contributed by atoms with Gasteiger partial charge in [0.15, 0.2) is 5.78 Å². The minimum atomic E-state index is 0.0166. The molecule has 2 atom stereocenters. The molecule has 80 valence electrons. The SMILES string of the molecule is Cc1ccncc1C(=O)C1COC(C)C1. The van der Waals surface area contributed by atoms with E-state index in [1.54, 1.807) is 12.4 Å². The number of ether oxygens (including phenoxy) is 1. The van der Waals surface area contributed by atoms with E-state index in [4.69, 9.17) is 4.74 Å². The monoisotopic (exact) mass is 205 g/mol. The topological polar surface area (TPSA) is 39.2 Å². The van der Waals surface area contributed by atoms with E-state index in [2.05, 4.69) is 4.98 Å². The van der Waals surface area contributed by atoms with Crippen LogP contribution >= 0.6 is 0 Å². The molecule has 2 unspecified atom stereocenters. The lowest BCUT2D eigenvalue weighted by molar-refractivity contribution is 0.0877. The van der Waals surface area contributed by atoms with Gasteiger partial charge in [0, 0.05) is 23.9 Å². The Morgan fingerprint density at radius 1 is 1.60 bits per heavy atom. The molecule has 1 aliphatic rings. The van der Waals surface area contributed by atoms with Crippen LogP contribution in [0.4, 0.5) is 0 Å². The maximum absolute atomic E-state index is 12.1. The quantitative estimate of drug-likeness (QED) is 0.693. The Bertz CT molecular complexity index is 376. The average Bonchev–Trinajstić information content (AvgIpc) is 2.65. The van der Waals surface area contributed by atoms with Gasteiger partial charge in [0.25, 0.3) is 0 Å². The Morgan fingerprint density at radius 3 is 3.00 bits per heavy atom. The van der Waals surface area contributed by atoms with Crippen molar-refractivity contribution < 1.29 is 9.53 Å². The van der Waals surface area contributed by atoms with Crippen molar-refractivity contribution in [3.05, 3.63) is 29.6 Å². The highest BCUT2D eigenvalue weighted by atomic mass is 16.5. The molecule has 1 saturated heterocycles. The summed E-state index contributed by atoms with van der Waals surface area (Å²) in [4.78, 5) is 16.1. The standard InChI is InChI=1S/C12H15NO2/c1-8-3-4-13-6-11(8)12(14)10-5-9(2)15-7-10/h3-4,6,9-10H,5,7H2,1-2H3. The number of carbonyl (C=O) groups excluding carboxylic acids is 1. The normalized spacial score (nSPS) is 25.5. The summed E-state index contributed by atoms with van der Waals surface area (Å²) in [5.41, 5.74) is 1.73. The summed E-state index contributed by atoms with van der Waals surface area (Å²) in [6.07, 6.45) is 4.39. The molecule has 0 radical (unpaired) electrons. The number of hydrogen-bond donors (Lipinski definition) is 0. The minimum Gasteiger partial charge on any atom is -0.378 e. The van der Waals surface area contributed by atoms with Crippen LogP contribution in [0.25, 0.3) is 0 Å².